The summed E-state index contributed by atoms with van der Waals surface area (Å²) in [6, 6.07) is -0.112. The van der Waals surface area contributed by atoms with Crippen LogP contribution in [0.3, 0.4) is 0 Å². The van der Waals surface area contributed by atoms with E-state index < -0.39 is 0 Å². The van der Waals surface area contributed by atoms with E-state index in [1.165, 1.54) is 0 Å². The normalized spacial score (nSPS) is 13.5. The molecule has 1 heterocycles. The molecule has 1 aromatic rings. The van der Waals surface area contributed by atoms with Crippen LogP contribution in [0.5, 0.6) is 0 Å². The Morgan fingerprint density at radius 3 is 2.30 bits per heavy atom. The lowest BCUT2D eigenvalue weighted by atomic mass is 10.2. The second kappa shape index (κ2) is 2.30. The van der Waals surface area contributed by atoms with Crippen LogP contribution in [-0.2, 0) is 0 Å². The van der Waals surface area contributed by atoms with Gasteiger partial charge in [-0.05, 0) is 13.8 Å². The first-order valence-corrected chi connectivity index (χ1v) is 3.15. The lowest BCUT2D eigenvalue weighted by molar-refractivity contribution is 0.766. The number of nitrogens with one attached hydrogen (secondary N) is 2. The van der Waals surface area contributed by atoms with Crippen molar-refractivity contribution in [2.24, 2.45) is 5.73 Å². The van der Waals surface area contributed by atoms with Crippen molar-refractivity contribution in [3.8, 4) is 0 Å². The molecule has 0 radical (unpaired) electrons. The third kappa shape index (κ3) is 0.974. The SMILES string of the molecule is Cc1c([C@H](C)N)[nH][nH]c1=O. The van der Waals surface area contributed by atoms with E-state index in [1.807, 2.05) is 6.92 Å². The van der Waals surface area contributed by atoms with Crippen LogP contribution in [0.4, 0.5) is 0 Å². The topological polar surface area (TPSA) is 74.7 Å². The Morgan fingerprint density at radius 2 is 2.10 bits per heavy atom. The maximum absolute atomic E-state index is 10.8. The molecule has 0 bridgehead atoms. The van der Waals surface area contributed by atoms with Crippen molar-refractivity contribution in [3.63, 3.8) is 0 Å². The third-order valence-corrected chi connectivity index (χ3v) is 1.51. The summed E-state index contributed by atoms with van der Waals surface area (Å²) >= 11 is 0. The fraction of sp³-hybridized carbons (Fsp3) is 0.500. The molecule has 4 nitrogen and oxygen atoms in total. The molecule has 0 aliphatic heterocycles. The molecule has 1 rings (SSSR count). The summed E-state index contributed by atoms with van der Waals surface area (Å²) in [7, 11) is 0. The first-order valence-electron chi connectivity index (χ1n) is 3.15. The van der Waals surface area contributed by atoms with E-state index in [2.05, 4.69) is 10.2 Å². The minimum atomic E-state index is -0.112. The Kier molecular flexibility index (Phi) is 1.63. The highest BCUT2D eigenvalue weighted by molar-refractivity contribution is 5.16. The molecule has 0 aliphatic carbocycles. The molecule has 0 aliphatic rings. The van der Waals surface area contributed by atoms with E-state index in [1.54, 1.807) is 6.92 Å². The first-order chi connectivity index (χ1) is 4.63. The molecule has 56 valence electrons. The van der Waals surface area contributed by atoms with Crippen molar-refractivity contribution in [2.45, 2.75) is 19.9 Å². The van der Waals surface area contributed by atoms with E-state index >= 15 is 0 Å². The highest BCUT2D eigenvalue weighted by atomic mass is 16.1. The van der Waals surface area contributed by atoms with Crippen LogP contribution >= 0.6 is 0 Å². The summed E-state index contributed by atoms with van der Waals surface area (Å²) in [6.07, 6.45) is 0. The zero-order valence-corrected chi connectivity index (χ0v) is 6.06. The Bertz CT molecular complexity index is 271. The number of hydrogen-bond acceptors (Lipinski definition) is 2. The number of H-pyrrole nitrogens is 2. The summed E-state index contributed by atoms with van der Waals surface area (Å²) in [4.78, 5) is 10.8. The van der Waals surface area contributed by atoms with Gasteiger partial charge in [0.05, 0.1) is 5.69 Å². The second-order valence-corrected chi connectivity index (χ2v) is 2.41. The quantitative estimate of drug-likeness (QED) is 0.516. The highest BCUT2D eigenvalue weighted by Gasteiger charge is 2.07. The number of aromatic nitrogens is 2. The van der Waals surface area contributed by atoms with Gasteiger partial charge in [0.1, 0.15) is 0 Å². The Morgan fingerprint density at radius 1 is 1.50 bits per heavy atom. The van der Waals surface area contributed by atoms with Gasteiger partial charge in [0.2, 0.25) is 0 Å². The van der Waals surface area contributed by atoms with Gasteiger partial charge in [-0.2, -0.15) is 0 Å². The van der Waals surface area contributed by atoms with Crippen LogP contribution in [0.1, 0.15) is 24.2 Å². The number of aromatic amines is 2. The molecule has 0 fully saturated rings. The highest BCUT2D eigenvalue weighted by Crippen LogP contribution is 2.05. The summed E-state index contributed by atoms with van der Waals surface area (Å²) < 4.78 is 0. The van der Waals surface area contributed by atoms with E-state index in [0.29, 0.717) is 5.56 Å². The summed E-state index contributed by atoms with van der Waals surface area (Å²) in [6.45, 7) is 3.57. The molecule has 0 amide bonds. The molecule has 0 saturated heterocycles. The van der Waals surface area contributed by atoms with Crippen LogP contribution < -0.4 is 11.3 Å². The number of rotatable bonds is 1. The molecular weight excluding hydrogens is 130 g/mol. The van der Waals surface area contributed by atoms with Crippen LogP contribution in [-0.4, -0.2) is 10.2 Å². The van der Waals surface area contributed by atoms with Crippen molar-refractivity contribution in [1.82, 2.24) is 10.2 Å². The monoisotopic (exact) mass is 141 g/mol. The van der Waals surface area contributed by atoms with Gasteiger partial charge in [-0.3, -0.25) is 9.89 Å². The fourth-order valence-electron chi connectivity index (χ4n) is 0.889. The van der Waals surface area contributed by atoms with Crippen LogP contribution in [0.25, 0.3) is 0 Å². The number of nitrogens with two attached hydrogens (primary N) is 1. The molecule has 0 saturated carbocycles. The maximum Gasteiger partial charge on any atom is 0.267 e. The second-order valence-electron chi connectivity index (χ2n) is 2.41. The molecule has 4 heteroatoms. The standard InChI is InChI=1S/C6H11N3O/c1-3-5(4(2)7)8-9-6(3)10/h4H,7H2,1-2H3,(H2,8,9,10)/t4-/m0/s1. The van der Waals surface area contributed by atoms with Crippen LogP contribution in [0, 0.1) is 6.92 Å². The largest absolute Gasteiger partial charge is 0.323 e. The summed E-state index contributed by atoms with van der Waals surface area (Å²) in [5.41, 5.74) is 6.91. The van der Waals surface area contributed by atoms with Gasteiger partial charge in [-0.1, -0.05) is 0 Å². The van der Waals surface area contributed by atoms with Crippen molar-refractivity contribution in [3.05, 3.63) is 21.6 Å². The minimum absolute atomic E-state index is 0.0905. The summed E-state index contributed by atoms with van der Waals surface area (Å²) in [5.74, 6) is 0. The molecule has 10 heavy (non-hydrogen) atoms. The zero-order chi connectivity index (χ0) is 7.72. The first kappa shape index (κ1) is 7.08. The molecule has 1 atom stereocenters. The van der Waals surface area contributed by atoms with Gasteiger partial charge in [-0.15, -0.1) is 0 Å². The lowest BCUT2D eigenvalue weighted by Gasteiger charge is -2.00. The predicted molar refractivity (Wildman–Crippen MR) is 38.8 cm³/mol. The average Bonchev–Trinajstić information content (AvgIpc) is 2.14. The lowest BCUT2D eigenvalue weighted by Crippen LogP contribution is -2.08. The van der Waals surface area contributed by atoms with Crippen molar-refractivity contribution < 1.29 is 0 Å². The molecular formula is C6H11N3O. The van der Waals surface area contributed by atoms with E-state index in [4.69, 9.17) is 5.73 Å². The minimum Gasteiger partial charge on any atom is -0.323 e. The zero-order valence-electron chi connectivity index (χ0n) is 6.06. The van der Waals surface area contributed by atoms with Crippen molar-refractivity contribution in [2.75, 3.05) is 0 Å². The Hall–Kier alpha value is -1.03. The molecule has 0 spiro atoms. The van der Waals surface area contributed by atoms with E-state index in [9.17, 15) is 4.79 Å². The van der Waals surface area contributed by atoms with Gasteiger partial charge in [0.25, 0.3) is 5.56 Å². The van der Waals surface area contributed by atoms with Crippen LogP contribution in [0.15, 0.2) is 4.79 Å². The maximum atomic E-state index is 10.8. The third-order valence-electron chi connectivity index (χ3n) is 1.51. The predicted octanol–water partition coefficient (Wildman–Crippen LogP) is 0.0311. The van der Waals surface area contributed by atoms with Gasteiger partial charge in [0, 0.05) is 11.6 Å². The fourth-order valence-corrected chi connectivity index (χ4v) is 0.889. The number of hydrogen-bond donors (Lipinski definition) is 3. The Balaban J connectivity index is 3.18. The average molecular weight is 141 g/mol. The summed E-state index contributed by atoms with van der Waals surface area (Å²) in [5, 5.41) is 5.17. The molecule has 1 aromatic heterocycles. The van der Waals surface area contributed by atoms with Gasteiger partial charge >= 0.3 is 0 Å². The van der Waals surface area contributed by atoms with Gasteiger partial charge < -0.3 is 10.8 Å². The molecule has 0 aromatic carbocycles. The molecule has 4 N–H and O–H groups in total. The Labute approximate surface area is 58.4 Å². The van der Waals surface area contributed by atoms with Crippen molar-refractivity contribution in [1.29, 1.82) is 0 Å². The van der Waals surface area contributed by atoms with Crippen molar-refractivity contribution >= 4 is 0 Å². The van der Waals surface area contributed by atoms with Gasteiger partial charge in [0.15, 0.2) is 0 Å². The van der Waals surface area contributed by atoms with E-state index in [0.717, 1.165) is 5.69 Å². The van der Waals surface area contributed by atoms with Gasteiger partial charge in [-0.25, -0.2) is 0 Å². The smallest absolute Gasteiger partial charge is 0.267 e. The molecule has 0 unspecified atom stereocenters. The van der Waals surface area contributed by atoms with E-state index in [-0.39, 0.29) is 11.6 Å². The van der Waals surface area contributed by atoms with Crippen LogP contribution in [0.2, 0.25) is 0 Å².